The Hall–Kier alpha value is -3.40. The molecule has 6 nitrogen and oxygen atoms in total. The van der Waals surface area contributed by atoms with E-state index in [4.69, 9.17) is 4.74 Å². The van der Waals surface area contributed by atoms with Crippen LogP contribution in [0.4, 0.5) is 0 Å². The maximum atomic E-state index is 11.3. The zero-order chi connectivity index (χ0) is 26.2. The molecular weight excluding hydrogens is 464 g/mol. The first kappa shape index (κ1) is 26.7. The minimum absolute atomic E-state index is 0.168. The highest BCUT2D eigenvalue weighted by Crippen LogP contribution is 2.35. The number of piperidine rings is 1. The fourth-order valence-electron chi connectivity index (χ4n) is 5.30. The van der Waals surface area contributed by atoms with Crippen LogP contribution in [0.25, 0.3) is 10.9 Å². The Balaban J connectivity index is 1.39. The molecule has 194 valence electrons. The topological polar surface area (TPSA) is 82.9 Å². The maximum absolute atomic E-state index is 11.3. The number of likely N-dealkylation sites (tertiary alicyclic amines) is 1. The number of aliphatic carboxylic acids is 1. The van der Waals surface area contributed by atoms with Crippen molar-refractivity contribution in [2.75, 3.05) is 26.7 Å². The molecule has 2 heterocycles. The fraction of sp³-hybridized carbons (Fsp3) is 0.419. The highest BCUT2D eigenvalue weighted by molar-refractivity contribution is 5.83. The number of fused-ring (bicyclic) bond motifs is 1. The second kappa shape index (κ2) is 12.7. The average Bonchev–Trinajstić information content (AvgIpc) is 2.91. The normalized spacial score (nSPS) is 18.7. The van der Waals surface area contributed by atoms with Crippen molar-refractivity contribution in [1.29, 1.82) is 0 Å². The Kier molecular flexibility index (Phi) is 9.16. The van der Waals surface area contributed by atoms with Gasteiger partial charge in [-0.2, -0.15) is 0 Å². The van der Waals surface area contributed by atoms with Gasteiger partial charge in [-0.25, -0.2) is 0 Å². The third-order valence-electron chi connectivity index (χ3n) is 7.44. The summed E-state index contributed by atoms with van der Waals surface area (Å²) >= 11 is 0. The molecule has 1 saturated heterocycles. The van der Waals surface area contributed by atoms with Gasteiger partial charge in [0.05, 0.1) is 25.3 Å². The molecule has 0 bridgehead atoms. The van der Waals surface area contributed by atoms with Crippen molar-refractivity contribution >= 4 is 16.9 Å². The number of carboxylic acids is 1. The lowest BCUT2D eigenvalue weighted by atomic mass is 9.79. The number of aliphatic hydroxyl groups excluding tert-OH is 1. The molecule has 6 heteroatoms. The summed E-state index contributed by atoms with van der Waals surface area (Å²) in [6.45, 7) is 4.51. The number of benzene rings is 2. The lowest BCUT2D eigenvalue weighted by Crippen LogP contribution is -2.41. The molecule has 1 aliphatic heterocycles. The molecule has 3 aromatic rings. The van der Waals surface area contributed by atoms with E-state index in [1.165, 1.54) is 5.56 Å². The van der Waals surface area contributed by atoms with Gasteiger partial charge in [0.1, 0.15) is 5.75 Å². The molecule has 1 aromatic heterocycles. The molecule has 1 fully saturated rings. The zero-order valence-electron chi connectivity index (χ0n) is 21.7. The van der Waals surface area contributed by atoms with Crippen LogP contribution in [-0.2, 0) is 4.79 Å². The molecule has 2 aromatic carbocycles. The first-order valence-corrected chi connectivity index (χ1v) is 13.0. The number of carboxylic acid groups (broad SMARTS) is 1. The number of pyridine rings is 1. The third kappa shape index (κ3) is 7.31. The molecule has 4 rings (SSSR count). The standard InChI is InChI=1S/C31H36N2O4/c1-22-5-7-23(8-6-22)4-3-18-33-19-16-24(25(21-33)10-14-31(35)36)9-13-30(34)27-15-17-32-29-12-11-26(37-2)20-28(27)29/h5-8,11-12,15,17,20,24-25,30,34H,9-10,13-14,16,18-19,21H2,1-2H3,(H,35,36)/t24-,25+,30?/m1/s1. The van der Waals surface area contributed by atoms with E-state index in [9.17, 15) is 15.0 Å². The number of aromatic nitrogens is 1. The predicted molar refractivity (Wildman–Crippen MR) is 145 cm³/mol. The Morgan fingerprint density at radius 2 is 1.97 bits per heavy atom. The number of aliphatic hydroxyl groups is 1. The van der Waals surface area contributed by atoms with Crippen molar-refractivity contribution in [2.24, 2.45) is 11.8 Å². The van der Waals surface area contributed by atoms with E-state index >= 15 is 0 Å². The summed E-state index contributed by atoms with van der Waals surface area (Å²) in [5.74, 6) is 7.16. The number of ether oxygens (including phenoxy) is 1. The first-order chi connectivity index (χ1) is 17.9. The van der Waals surface area contributed by atoms with Gasteiger partial charge in [-0.15, -0.1) is 0 Å². The highest BCUT2D eigenvalue weighted by Gasteiger charge is 2.29. The largest absolute Gasteiger partial charge is 0.497 e. The van der Waals surface area contributed by atoms with Crippen molar-refractivity contribution in [3.63, 3.8) is 0 Å². The molecule has 0 spiro atoms. The average molecular weight is 501 g/mol. The minimum Gasteiger partial charge on any atom is -0.497 e. The van der Waals surface area contributed by atoms with Gasteiger partial charge in [0.2, 0.25) is 0 Å². The van der Waals surface area contributed by atoms with E-state index in [0.29, 0.717) is 25.3 Å². The summed E-state index contributed by atoms with van der Waals surface area (Å²) in [4.78, 5) is 18.1. The summed E-state index contributed by atoms with van der Waals surface area (Å²) in [5, 5.41) is 21.3. The molecule has 0 radical (unpaired) electrons. The summed E-state index contributed by atoms with van der Waals surface area (Å²) in [5.41, 5.74) is 3.92. The van der Waals surface area contributed by atoms with Gasteiger partial charge in [-0.3, -0.25) is 14.7 Å². The summed E-state index contributed by atoms with van der Waals surface area (Å²) in [6.07, 6.45) is 4.39. The van der Waals surface area contributed by atoms with Gasteiger partial charge >= 0.3 is 5.97 Å². The molecule has 0 amide bonds. The van der Waals surface area contributed by atoms with Crippen LogP contribution in [0.5, 0.6) is 5.75 Å². The van der Waals surface area contributed by atoms with Crippen molar-refractivity contribution < 1.29 is 19.7 Å². The van der Waals surface area contributed by atoms with Gasteiger partial charge < -0.3 is 14.9 Å². The summed E-state index contributed by atoms with van der Waals surface area (Å²) < 4.78 is 5.37. The molecule has 37 heavy (non-hydrogen) atoms. The van der Waals surface area contributed by atoms with Gasteiger partial charge in [-0.05, 0) is 92.9 Å². The van der Waals surface area contributed by atoms with E-state index in [1.54, 1.807) is 13.3 Å². The van der Waals surface area contributed by atoms with Crippen LogP contribution in [-0.4, -0.2) is 52.8 Å². The Morgan fingerprint density at radius 1 is 1.16 bits per heavy atom. The molecule has 0 aliphatic carbocycles. The van der Waals surface area contributed by atoms with Crippen LogP contribution in [0.15, 0.2) is 54.7 Å². The van der Waals surface area contributed by atoms with Crippen LogP contribution in [0.2, 0.25) is 0 Å². The zero-order valence-corrected chi connectivity index (χ0v) is 21.7. The monoisotopic (exact) mass is 500 g/mol. The van der Waals surface area contributed by atoms with E-state index in [1.807, 2.05) is 36.4 Å². The summed E-state index contributed by atoms with van der Waals surface area (Å²) in [6, 6.07) is 15.8. The fourth-order valence-corrected chi connectivity index (χ4v) is 5.30. The molecule has 0 saturated carbocycles. The Morgan fingerprint density at radius 3 is 2.73 bits per heavy atom. The number of aryl methyl sites for hydroxylation is 1. The van der Waals surface area contributed by atoms with Crippen molar-refractivity contribution in [2.45, 2.75) is 45.1 Å². The number of carbonyl (C=O) groups is 1. The third-order valence-corrected chi connectivity index (χ3v) is 7.44. The quantitative estimate of drug-likeness (QED) is 0.392. The number of hydrogen-bond donors (Lipinski definition) is 2. The second-order valence-electron chi connectivity index (χ2n) is 10.0. The van der Waals surface area contributed by atoms with Crippen LogP contribution >= 0.6 is 0 Å². The summed E-state index contributed by atoms with van der Waals surface area (Å²) in [7, 11) is 1.63. The van der Waals surface area contributed by atoms with Crippen molar-refractivity contribution in [3.05, 3.63) is 71.4 Å². The lowest BCUT2D eigenvalue weighted by molar-refractivity contribution is -0.137. The second-order valence-corrected chi connectivity index (χ2v) is 10.0. The van der Waals surface area contributed by atoms with Crippen LogP contribution in [0.1, 0.15) is 54.9 Å². The number of hydrogen-bond acceptors (Lipinski definition) is 5. The van der Waals surface area contributed by atoms with E-state index in [-0.39, 0.29) is 12.3 Å². The van der Waals surface area contributed by atoms with E-state index < -0.39 is 12.1 Å². The molecular formula is C31H36N2O4. The van der Waals surface area contributed by atoms with Crippen molar-refractivity contribution in [1.82, 2.24) is 9.88 Å². The number of nitrogens with zero attached hydrogens (tertiary/aromatic N) is 2. The maximum Gasteiger partial charge on any atom is 0.303 e. The van der Waals surface area contributed by atoms with Gasteiger partial charge in [0.15, 0.2) is 0 Å². The SMILES string of the molecule is COc1ccc2nccc(C(O)CC[C@@H]3CCN(CC#Cc4ccc(C)cc4)C[C@@H]3CCC(=O)O)c2c1. The molecule has 2 N–H and O–H groups in total. The van der Waals surface area contributed by atoms with Gasteiger partial charge in [-0.1, -0.05) is 29.5 Å². The van der Waals surface area contributed by atoms with E-state index in [2.05, 4.69) is 40.8 Å². The first-order valence-electron chi connectivity index (χ1n) is 13.0. The minimum atomic E-state index is -0.757. The Labute approximate surface area is 219 Å². The van der Waals surface area contributed by atoms with Crippen LogP contribution in [0.3, 0.4) is 0 Å². The lowest BCUT2D eigenvalue weighted by Gasteiger charge is -2.38. The van der Waals surface area contributed by atoms with Gasteiger partial charge in [0, 0.05) is 30.1 Å². The van der Waals surface area contributed by atoms with Crippen LogP contribution in [0, 0.1) is 30.6 Å². The van der Waals surface area contributed by atoms with Crippen LogP contribution < -0.4 is 4.74 Å². The van der Waals surface area contributed by atoms with Crippen molar-refractivity contribution in [3.8, 4) is 17.6 Å². The molecule has 1 aliphatic rings. The van der Waals surface area contributed by atoms with E-state index in [0.717, 1.165) is 53.7 Å². The Bertz CT molecular complexity index is 1260. The number of methoxy groups -OCH3 is 1. The predicted octanol–water partition coefficient (Wildman–Crippen LogP) is 5.22. The smallest absolute Gasteiger partial charge is 0.303 e. The van der Waals surface area contributed by atoms with Gasteiger partial charge in [0.25, 0.3) is 0 Å². The highest BCUT2D eigenvalue weighted by atomic mass is 16.5. The molecule has 1 unspecified atom stereocenters. The number of rotatable bonds is 9. The molecule has 3 atom stereocenters.